The van der Waals surface area contributed by atoms with Gasteiger partial charge in [0.2, 0.25) is 0 Å². The lowest BCUT2D eigenvalue weighted by atomic mass is 9.81. The van der Waals surface area contributed by atoms with E-state index in [0.717, 1.165) is 42.1 Å². The summed E-state index contributed by atoms with van der Waals surface area (Å²) in [5.74, 6) is 0. The standard InChI is InChI=1S/C16H31ClN4/c1-8-12-15(17)13(21(7)19-12)11-14(18-4)16(9-2,10-3)20(5)6/h14,18H,8-11H2,1-7H3. The highest BCUT2D eigenvalue weighted by Crippen LogP contribution is 2.30. The zero-order valence-corrected chi connectivity index (χ0v) is 15.4. The molecule has 0 aromatic carbocycles. The van der Waals surface area contributed by atoms with E-state index in [4.69, 9.17) is 11.6 Å². The van der Waals surface area contributed by atoms with E-state index in [2.05, 4.69) is 50.2 Å². The van der Waals surface area contributed by atoms with Crippen LogP contribution in [-0.4, -0.2) is 47.4 Å². The number of halogens is 1. The molecule has 0 fully saturated rings. The zero-order chi connectivity index (χ0) is 16.2. The molecule has 21 heavy (non-hydrogen) atoms. The van der Waals surface area contributed by atoms with Gasteiger partial charge in [0.1, 0.15) is 0 Å². The van der Waals surface area contributed by atoms with Crippen LogP contribution >= 0.6 is 11.6 Å². The number of rotatable bonds is 8. The van der Waals surface area contributed by atoms with Crippen molar-refractivity contribution in [2.45, 2.75) is 58.0 Å². The van der Waals surface area contributed by atoms with Crippen molar-refractivity contribution in [1.82, 2.24) is 20.0 Å². The Morgan fingerprint density at radius 2 is 1.86 bits per heavy atom. The van der Waals surface area contributed by atoms with Gasteiger partial charge in [-0.2, -0.15) is 5.10 Å². The van der Waals surface area contributed by atoms with Crippen LogP contribution in [0.3, 0.4) is 0 Å². The van der Waals surface area contributed by atoms with Crippen molar-refractivity contribution < 1.29 is 0 Å². The van der Waals surface area contributed by atoms with Crippen LogP contribution in [0.25, 0.3) is 0 Å². The third kappa shape index (κ3) is 3.43. The summed E-state index contributed by atoms with van der Waals surface area (Å²) >= 11 is 6.52. The maximum Gasteiger partial charge on any atom is 0.0850 e. The van der Waals surface area contributed by atoms with Gasteiger partial charge >= 0.3 is 0 Å². The number of hydrogen-bond donors (Lipinski definition) is 1. The Labute approximate surface area is 134 Å². The highest BCUT2D eigenvalue weighted by molar-refractivity contribution is 6.31. The number of hydrogen-bond acceptors (Lipinski definition) is 3. The van der Waals surface area contributed by atoms with Crippen molar-refractivity contribution in [3.8, 4) is 0 Å². The number of aryl methyl sites for hydroxylation is 2. The fourth-order valence-corrected chi connectivity index (χ4v) is 3.85. The molecule has 1 unspecified atom stereocenters. The van der Waals surface area contributed by atoms with Crippen LogP contribution in [-0.2, 0) is 19.9 Å². The van der Waals surface area contributed by atoms with Crippen LogP contribution < -0.4 is 5.32 Å². The minimum atomic E-state index is 0.120. The molecule has 1 aromatic heterocycles. The molecular weight excluding hydrogens is 284 g/mol. The van der Waals surface area contributed by atoms with E-state index in [9.17, 15) is 0 Å². The first-order valence-electron chi connectivity index (χ1n) is 7.92. The second-order valence-corrected chi connectivity index (χ2v) is 6.31. The maximum atomic E-state index is 6.52. The van der Waals surface area contributed by atoms with Gasteiger partial charge in [-0.1, -0.05) is 32.4 Å². The van der Waals surface area contributed by atoms with Crippen molar-refractivity contribution >= 4 is 11.6 Å². The second-order valence-electron chi connectivity index (χ2n) is 5.94. The molecule has 0 bridgehead atoms. The summed E-state index contributed by atoms with van der Waals surface area (Å²) in [7, 11) is 8.36. The summed E-state index contributed by atoms with van der Waals surface area (Å²) in [5, 5.41) is 8.89. The molecule has 0 aliphatic rings. The number of nitrogens with one attached hydrogen (secondary N) is 1. The molecule has 1 N–H and O–H groups in total. The highest BCUT2D eigenvalue weighted by atomic mass is 35.5. The fraction of sp³-hybridized carbons (Fsp3) is 0.812. The predicted molar refractivity (Wildman–Crippen MR) is 91.1 cm³/mol. The minimum Gasteiger partial charge on any atom is -0.315 e. The molecule has 1 heterocycles. The van der Waals surface area contributed by atoms with Gasteiger partial charge in [0.25, 0.3) is 0 Å². The molecule has 0 aliphatic heterocycles. The molecule has 0 saturated heterocycles. The predicted octanol–water partition coefficient (Wildman–Crippen LogP) is 2.89. The van der Waals surface area contributed by atoms with Gasteiger partial charge in [-0.3, -0.25) is 4.68 Å². The molecule has 1 aromatic rings. The fourth-order valence-electron chi connectivity index (χ4n) is 3.48. The number of aromatic nitrogens is 2. The SMILES string of the molecule is CCc1nn(C)c(CC(NC)C(CC)(CC)N(C)C)c1Cl. The Morgan fingerprint density at radius 1 is 1.29 bits per heavy atom. The Bertz CT molecular complexity index is 449. The first kappa shape index (κ1) is 18.5. The van der Waals surface area contributed by atoms with Crippen LogP contribution in [0, 0.1) is 0 Å². The van der Waals surface area contributed by atoms with Gasteiger partial charge in [0.05, 0.1) is 16.4 Å². The number of likely N-dealkylation sites (N-methyl/N-ethyl adjacent to an activating group) is 2. The van der Waals surface area contributed by atoms with E-state index in [1.165, 1.54) is 0 Å². The highest BCUT2D eigenvalue weighted by Gasteiger charge is 2.37. The van der Waals surface area contributed by atoms with Crippen molar-refractivity contribution in [3.63, 3.8) is 0 Å². The Morgan fingerprint density at radius 3 is 2.19 bits per heavy atom. The summed E-state index contributed by atoms with van der Waals surface area (Å²) in [6, 6.07) is 0.333. The molecule has 0 aliphatic carbocycles. The zero-order valence-electron chi connectivity index (χ0n) is 14.6. The molecule has 0 amide bonds. The summed E-state index contributed by atoms with van der Waals surface area (Å²) in [4.78, 5) is 2.35. The Kier molecular flexibility index (Phi) is 6.70. The average molecular weight is 315 g/mol. The molecule has 5 heteroatoms. The van der Waals surface area contributed by atoms with Gasteiger partial charge < -0.3 is 10.2 Å². The van der Waals surface area contributed by atoms with Crippen molar-refractivity contribution in [1.29, 1.82) is 0 Å². The van der Waals surface area contributed by atoms with E-state index in [1.54, 1.807) is 0 Å². The van der Waals surface area contributed by atoms with E-state index in [1.807, 2.05) is 18.8 Å². The quantitative estimate of drug-likeness (QED) is 0.801. The monoisotopic (exact) mass is 314 g/mol. The van der Waals surface area contributed by atoms with E-state index >= 15 is 0 Å². The molecule has 1 rings (SSSR count). The lowest BCUT2D eigenvalue weighted by Gasteiger charge is -2.45. The van der Waals surface area contributed by atoms with Gasteiger partial charge in [-0.05, 0) is 40.4 Å². The maximum absolute atomic E-state index is 6.52. The molecule has 1 atom stereocenters. The topological polar surface area (TPSA) is 33.1 Å². The van der Waals surface area contributed by atoms with Gasteiger partial charge in [0, 0.05) is 25.0 Å². The third-order valence-corrected chi connectivity index (χ3v) is 5.45. The summed E-state index contributed by atoms with van der Waals surface area (Å²) in [5.41, 5.74) is 2.24. The molecule has 122 valence electrons. The van der Waals surface area contributed by atoms with Crippen LogP contribution in [0.1, 0.15) is 45.0 Å². The Hall–Kier alpha value is -0.580. The van der Waals surface area contributed by atoms with Crippen LogP contribution in [0.4, 0.5) is 0 Å². The lowest BCUT2D eigenvalue weighted by molar-refractivity contribution is 0.0909. The van der Waals surface area contributed by atoms with E-state index < -0.39 is 0 Å². The average Bonchev–Trinajstić information content (AvgIpc) is 2.74. The van der Waals surface area contributed by atoms with Crippen molar-refractivity contribution in [2.75, 3.05) is 21.1 Å². The Balaban J connectivity index is 3.15. The molecular formula is C16H31ClN4. The molecule has 4 nitrogen and oxygen atoms in total. The lowest BCUT2D eigenvalue weighted by Crippen LogP contribution is -2.58. The largest absolute Gasteiger partial charge is 0.315 e. The molecule has 0 saturated carbocycles. The molecule has 0 radical (unpaired) electrons. The van der Waals surface area contributed by atoms with Gasteiger partial charge in [0.15, 0.2) is 0 Å². The third-order valence-electron chi connectivity index (χ3n) is 5.01. The van der Waals surface area contributed by atoms with Gasteiger partial charge in [-0.15, -0.1) is 0 Å². The van der Waals surface area contributed by atoms with Gasteiger partial charge in [-0.25, -0.2) is 0 Å². The van der Waals surface area contributed by atoms with Crippen LogP contribution in [0.2, 0.25) is 5.02 Å². The summed E-state index contributed by atoms with van der Waals surface area (Å²) in [6.07, 6.45) is 3.95. The van der Waals surface area contributed by atoms with Crippen LogP contribution in [0.15, 0.2) is 0 Å². The number of nitrogens with zero attached hydrogens (tertiary/aromatic N) is 3. The first-order valence-corrected chi connectivity index (χ1v) is 8.30. The normalized spacial score (nSPS) is 14.0. The van der Waals surface area contributed by atoms with E-state index in [-0.39, 0.29) is 5.54 Å². The van der Waals surface area contributed by atoms with Crippen molar-refractivity contribution in [3.05, 3.63) is 16.4 Å². The second kappa shape index (κ2) is 7.61. The summed E-state index contributed by atoms with van der Waals surface area (Å²) in [6.45, 7) is 6.61. The smallest absolute Gasteiger partial charge is 0.0850 e. The van der Waals surface area contributed by atoms with E-state index in [0.29, 0.717) is 6.04 Å². The van der Waals surface area contributed by atoms with Crippen molar-refractivity contribution in [2.24, 2.45) is 7.05 Å². The molecule has 0 spiro atoms. The van der Waals surface area contributed by atoms with Crippen LogP contribution in [0.5, 0.6) is 0 Å². The summed E-state index contributed by atoms with van der Waals surface area (Å²) < 4.78 is 1.94. The first-order chi connectivity index (χ1) is 9.87. The minimum absolute atomic E-state index is 0.120.